The van der Waals surface area contributed by atoms with Crippen LogP contribution >= 0.6 is 11.6 Å². The molecule has 0 saturated carbocycles. The highest BCUT2D eigenvalue weighted by Crippen LogP contribution is 2.30. The predicted molar refractivity (Wildman–Crippen MR) is 73.2 cm³/mol. The Morgan fingerprint density at radius 1 is 1.22 bits per heavy atom. The smallest absolute Gasteiger partial charge is 0.244 e. The molecule has 1 fully saturated rings. The van der Waals surface area contributed by atoms with E-state index in [-0.39, 0.29) is 9.92 Å². The number of benzene rings is 1. The number of halogens is 1. The van der Waals surface area contributed by atoms with Crippen LogP contribution in [0.3, 0.4) is 0 Å². The lowest BCUT2D eigenvalue weighted by atomic mass is 10.2. The fourth-order valence-electron chi connectivity index (χ4n) is 2.11. The van der Waals surface area contributed by atoms with Crippen LogP contribution in [0.1, 0.15) is 24.8 Å². The molecule has 1 aliphatic rings. The average molecular weight is 289 g/mol. The van der Waals surface area contributed by atoms with Crippen LogP contribution in [0.5, 0.6) is 0 Å². The number of nitrogens with two attached hydrogens (primary N) is 1. The minimum atomic E-state index is -3.51. The molecule has 18 heavy (non-hydrogen) atoms. The van der Waals surface area contributed by atoms with E-state index in [4.69, 9.17) is 17.3 Å². The largest absolute Gasteiger partial charge is 0.398 e. The standard InChI is InChI=1S/C12H17ClN2O2S/c1-9-7-10(13)12(8-11(9)14)18(16,17)15-5-3-2-4-6-15/h7-8H,2-6,14H2,1H3. The number of piperidine rings is 1. The van der Waals surface area contributed by atoms with Gasteiger partial charge in [-0.15, -0.1) is 0 Å². The van der Waals surface area contributed by atoms with Gasteiger partial charge in [0.1, 0.15) is 4.90 Å². The Labute approximate surface area is 113 Å². The third kappa shape index (κ3) is 2.48. The lowest BCUT2D eigenvalue weighted by molar-refractivity contribution is 0.346. The molecule has 0 aliphatic carbocycles. The molecule has 0 spiro atoms. The van der Waals surface area contributed by atoms with Crippen LogP contribution in [0.25, 0.3) is 0 Å². The SMILES string of the molecule is Cc1cc(Cl)c(S(=O)(=O)N2CCCCC2)cc1N. The number of hydrogen-bond donors (Lipinski definition) is 1. The molecule has 1 heterocycles. The summed E-state index contributed by atoms with van der Waals surface area (Å²) < 4.78 is 26.4. The van der Waals surface area contributed by atoms with E-state index < -0.39 is 10.0 Å². The number of sulfonamides is 1. The number of aryl methyl sites for hydroxylation is 1. The highest BCUT2D eigenvalue weighted by molar-refractivity contribution is 7.89. The number of rotatable bonds is 2. The predicted octanol–water partition coefficient (Wildman–Crippen LogP) is 2.41. The highest BCUT2D eigenvalue weighted by Gasteiger charge is 2.28. The van der Waals surface area contributed by atoms with Crippen molar-refractivity contribution >= 4 is 27.3 Å². The van der Waals surface area contributed by atoms with Gasteiger partial charge in [0.15, 0.2) is 0 Å². The van der Waals surface area contributed by atoms with E-state index in [1.165, 1.54) is 10.4 Å². The molecular weight excluding hydrogens is 272 g/mol. The van der Waals surface area contributed by atoms with Gasteiger partial charge in [-0.05, 0) is 37.5 Å². The zero-order valence-electron chi connectivity index (χ0n) is 10.3. The molecule has 1 aromatic rings. The Kier molecular flexibility index (Phi) is 3.84. The first kappa shape index (κ1) is 13.6. The normalized spacial score (nSPS) is 17.9. The van der Waals surface area contributed by atoms with Crippen molar-refractivity contribution in [3.8, 4) is 0 Å². The van der Waals surface area contributed by atoms with Crippen LogP contribution < -0.4 is 5.73 Å². The van der Waals surface area contributed by atoms with Crippen molar-refractivity contribution in [1.82, 2.24) is 4.31 Å². The minimum Gasteiger partial charge on any atom is -0.398 e. The van der Waals surface area contributed by atoms with Crippen molar-refractivity contribution < 1.29 is 8.42 Å². The zero-order valence-corrected chi connectivity index (χ0v) is 11.9. The van der Waals surface area contributed by atoms with E-state index in [9.17, 15) is 8.42 Å². The van der Waals surface area contributed by atoms with Crippen molar-refractivity contribution in [3.05, 3.63) is 22.7 Å². The Hall–Kier alpha value is -0.780. The Balaban J connectivity index is 2.43. The van der Waals surface area contributed by atoms with Gasteiger partial charge >= 0.3 is 0 Å². The summed E-state index contributed by atoms with van der Waals surface area (Å²) in [7, 11) is -3.51. The molecule has 0 atom stereocenters. The number of hydrogen-bond acceptors (Lipinski definition) is 3. The molecule has 0 amide bonds. The summed E-state index contributed by atoms with van der Waals surface area (Å²) in [5, 5.41) is 0.243. The summed E-state index contributed by atoms with van der Waals surface area (Å²) in [5.41, 5.74) is 7.02. The summed E-state index contributed by atoms with van der Waals surface area (Å²) in [6, 6.07) is 3.06. The lowest BCUT2D eigenvalue weighted by Gasteiger charge is -2.26. The number of anilines is 1. The van der Waals surface area contributed by atoms with Crippen molar-refractivity contribution in [2.45, 2.75) is 31.1 Å². The second-order valence-electron chi connectivity index (χ2n) is 4.60. The maximum absolute atomic E-state index is 12.5. The quantitative estimate of drug-likeness (QED) is 0.850. The first-order valence-corrected chi connectivity index (χ1v) is 7.80. The fraction of sp³-hybridized carbons (Fsp3) is 0.500. The lowest BCUT2D eigenvalue weighted by Crippen LogP contribution is -2.35. The monoisotopic (exact) mass is 288 g/mol. The Bertz CT molecular complexity index is 551. The second kappa shape index (κ2) is 5.07. The molecule has 1 aliphatic heterocycles. The topological polar surface area (TPSA) is 63.4 Å². The second-order valence-corrected chi connectivity index (χ2v) is 6.92. The molecule has 6 heteroatoms. The van der Waals surface area contributed by atoms with Crippen molar-refractivity contribution in [2.24, 2.45) is 0 Å². The summed E-state index contributed by atoms with van der Waals surface area (Å²) in [6.07, 6.45) is 2.88. The van der Waals surface area contributed by atoms with E-state index in [1.807, 2.05) is 0 Å². The minimum absolute atomic E-state index is 0.120. The van der Waals surface area contributed by atoms with Crippen LogP contribution in [-0.4, -0.2) is 25.8 Å². The molecule has 2 N–H and O–H groups in total. The number of nitrogens with zero attached hydrogens (tertiary/aromatic N) is 1. The molecule has 1 aromatic carbocycles. The molecule has 4 nitrogen and oxygen atoms in total. The van der Waals surface area contributed by atoms with E-state index in [2.05, 4.69) is 0 Å². The summed E-state index contributed by atoms with van der Waals surface area (Å²) in [6.45, 7) is 2.93. The Morgan fingerprint density at radius 2 is 1.83 bits per heavy atom. The average Bonchev–Trinajstić information content (AvgIpc) is 2.34. The van der Waals surface area contributed by atoms with Gasteiger partial charge in [0.25, 0.3) is 0 Å². The summed E-state index contributed by atoms with van der Waals surface area (Å²) in [4.78, 5) is 0.120. The van der Waals surface area contributed by atoms with Gasteiger partial charge in [-0.2, -0.15) is 4.31 Å². The first-order valence-electron chi connectivity index (χ1n) is 5.98. The van der Waals surface area contributed by atoms with Gasteiger partial charge in [-0.3, -0.25) is 0 Å². The van der Waals surface area contributed by atoms with E-state index in [1.54, 1.807) is 13.0 Å². The van der Waals surface area contributed by atoms with Crippen molar-refractivity contribution in [1.29, 1.82) is 0 Å². The van der Waals surface area contributed by atoms with Gasteiger partial charge in [-0.1, -0.05) is 18.0 Å². The molecule has 2 rings (SSSR count). The maximum atomic E-state index is 12.5. The molecule has 0 unspecified atom stereocenters. The van der Waals surface area contributed by atoms with Crippen LogP contribution in [0.15, 0.2) is 17.0 Å². The molecule has 0 aromatic heterocycles. The van der Waals surface area contributed by atoms with E-state index in [0.717, 1.165) is 24.8 Å². The van der Waals surface area contributed by atoms with Gasteiger partial charge in [0, 0.05) is 18.8 Å². The molecule has 0 bridgehead atoms. The van der Waals surface area contributed by atoms with Gasteiger partial charge in [0.05, 0.1) is 5.02 Å². The maximum Gasteiger partial charge on any atom is 0.244 e. The Morgan fingerprint density at radius 3 is 2.44 bits per heavy atom. The van der Waals surface area contributed by atoms with E-state index >= 15 is 0 Å². The van der Waals surface area contributed by atoms with E-state index in [0.29, 0.717) is 18.8 Å². The third-order valence-electron chi connectivity index (χ3n) is 3.25. The molecule has 1 saturated heterocycles. The summed E-state index contributed by atoms with van der Waals surface area (Å²) in [5.74, 6) is 0. The van der Waals surface area contributed by atoms with Crippen molar-refractivity contribution in [2.75, 3.05) is 18.8 Å². The first-order chi connectivity index (χ1) is 8.43. The van der Waals surface area contributed by atoms with Crippen LogP contribution in [-0.2, 0) is 10.0 Å². The molecular formula is C12H17ClN2O2S. The molecule has 100 valence electrons. The zero-order chi connectivity index (χ0) is 13.3. The highest BCUT2D eigenvalue weighted by atomic mass is 35.5. The van der Waals surface area contributed by atoms with Gasteiger partial charge in [-0.25, -0.2) is 8.42 Å². The van der Waals surface area contributed by atoms with Gasteiger partial charge < -0.3 is 5.73 Å². The fourth-order valence-corrected chi connectivity index (χ4v) is 4.22. The van der Waals surface area contributed by atoms with Gasteiger partial charge in [0.2, 0.25) is 10.0 Å². The molecule has 0 radical (unpaired) electrons. The summed E-state index contributed by atoms with van der Waals surface area (Å²) >= 11 is 6.04. The van der Waals surface area contributed by atoms with Crippen LogP contribution in [0, 0.1) is 6.92 Å². The van der Waals surface area contributed by atoms with Crippen molar-refractivity contribution in [3.63, 3.8) is 0 Å². The third-order valence-corrected chi connectivity index (χ3v) is 5.62. The van der Waals surface area contributed by atoms with Crippen LogP contribution in [0.2, 0.25) is 5.02 Å². The number of nitrogen functional groups attached to an aromatic ring is 1. The van der Waals surface area contributed by atoms with Crippen LogP contribution in [0.4, 0.5) is 5.69 Å².